The second-order valence-electron chi connectivity index (χ2n) is 6.22. The molecule has 0 fully saturated rings. The fourth-order valence-electron chi connectivity index (χ4n) is 2.79. The summed E-state index contributed by atoms with van der Waals surface area (Å²) in [5.41, 5.74) is 2.41. The first-order valence-electron chi connectivity index (χ1n) is 8.54. The van der Waals surface area contributed by atoms with E-state index in [4.69, 9.17) is 16.7 Å². The molecule has 2 N–H and O–H groups in total. The van der Waals surface area contributed by atoms with Crippen LogP contribution in [0, 0.1) is 0 Å². The van der Waals surface area contributed by atoms with Gasteiger partial charge in [0.1, 0.15) is 0 Å². The lowest BCUT2D eigenvalue weighted by molar-refractivity contribution is 0.0696. The van der Waals surface area contributed by atoms with Gasteiger partial charge in [0, 0.05) is 5.02 Å². The normalized spacial score (nSPS) is 11.2. The van der Waals surface area contributed by atoms with Gasteiger partial charge in [0.25, 0.3) is 10.0 Å². The largest absolute Gasteiger partial charge is 0.478 e. The van der Waals surface area contributed by atoms with Crippen molar-refractivity contribution in [1.29, 1.82) is 0 Å². The van der Waals surface area contributed by atoms with Crippen molar-refractivity contribution in [3.8, 4) is 0 Å². The SMILES string of the molecule is O=C(O)c1cccc(CCc2ccccc2NS(=O)(=O)c2ccc(Cl)cc2)c1. The third kappa shape index (κ3) is 4.91. The number of nitrogens with one attached hydrogen (secondary N) is 1. The zero-order valence-corrected chi connectivity index (χ0v) is 16.4. The number of anilines is 1. The molecular weight excluding hydrogens is 398 g/mol. The molecule has 5 nitrogen and oxygen atoms in total. The highest BCUT2D eigenvalue weighted by Gasteiger charge is 2.16. The van der Waals surface area contributed by atoms with E-state index in [-0.39, 0.29) is 10.5 Å². The molecule has 0 aromatic heterocycles. The second-order valence-corrected chi connectivity index (χ2v) is 8.34. The summed E-state index contributed by atoms with van der Waals surface area (Å²) in [6, 6.07) is 19.8. The maximum atomic E-state index is 12.6. The first-order chi connectivity index (χ1) is 13.3. The van der Waals surface area contributed by atoms with Gasteiger partial charge >= 0.3 is 5.97 Å². The van der Waals surface area contributed by atoms with Crippen LogP contribution in [0.25, 0.3) is 0 Å². The highest BCUT2D eigenvalue weighted by Crippen LogP contribution is 2.23. The molecule has 0 spiro atoms. The van der Waals surface area contributed by atoms with Gasteiger partial charge < -0.3 is 5.11 Å². The van der Waals surface area contributed by atoms with E-state index in [0.717, 1.165) is 11.1 Å². The quantitative estimate of drug-likeness (QED) is 0.589. The van der Waals surface area contributed by atoms with Crippen LogP contribution in [0.1, 0.15) is 21.5 Å². The summed E-state index contributed by atoms with van der Waals surface area (Å²) < 4.78 is 27.9. The van der Waals surface area contributed by atoms with Crippen LogP contribution in [-0.4, -0.2) is 19.5 Å². The molecule has 0 radical (unpaired) electrons. The number of aryl methyl sites for hydroxylation is 2. The molecule has 0 saturated carbocycles. The molecule has 0 amide bonds. The van der Waals surface area contributed by atoms with Gasteiger partial charge in [-0.1, -0.05) is 41.9 Å². The zero-order valence-electron chi connectivity index (χ0n) is 14.8. The molecule has 0 aliphatic rings. The predicted octanol–water partition coefficient (Wildman–Crippen LogP) is 4.62. The Morgan fingerprint density at radius 2 is 1.64 bits per heavy atom. The van der Waals surface area contributed by atoms with Crippen LogP contribution in [0.4, 0.5) is 5.69 Å². The van der Waals surface area contributed by atoms with E-state index in [2.05, 4.69) is 4.72 Å². The summed E-state index contributed by atoms with van der Waals surface area (Å²) >= 11 is 5.83. The number of carbonyl (C=O) groups is 1. The smallest absolute Gasteiger partial charge is 0.335 e. The fourth-order valence-corrected chi connectivity index (χ4v) is 4.02. The van der Waals surface area contributed by atoms with E-state index >= 15 is 0 Å². The highest BCUT2D eigenvalue weighted by atomic mass is 35.5. The number of carboxylic acids is 1. The third-order valence-electron chi connectivity index (χ3n) is 4.24. The Balaban J connectivity index is 1.79. The first-order valence-corrected chi connectivity index (χ1v) is 10.4. The summed E-state index contributed by atoms with van der Waals surface area (Å²) in [5, 5.41) is 9.57. The molecule has 0 heterocycles. The summed E-state index contributed by atoms with van der Waals surface area (Å²) in [5.74, 6) is -0.974. The van der Waals surface area contributed by atoms with Gasteiger partial charge in [-0.05, 0) is 66.4 Å². The number of aromatic carboxylic acids is 1. The van der Waals surface area contributed by atoms with Crippen LogP contribution < -0.4 is 4.72 Å². The van der Waals surface area contributed by atoms with E-state index in [9.17, 15) is 13.2 Å². The maximum Gasteiger partial charge on any atom is 0.335 e. The Morgan fingerprint density at radius 3 is 2.36 bits per heavy atom. The van der Waals surface area contributed by atoms with E-state index in [1.807, 2.05) is 18.2 Å². The van der Waals surface area contributed by atoms with Crippen molar-refractivity contribution >= 4 is 33.3 Å². The monoisotopic (exact) mass is 415 g/mol. The van der Waals surface area contributed by atoms with Crippen molar-refractivity contribution in [3.05, 3.63) is 94.5 Å². The van der Waals surface area contributed by atoms with E-state index < -0.39 is 16.0 Å². The molecule has 0 aliphatic heterocycles. The molecule has 3 aromatic rings. The summed E-state index contributed by atoms with van der Waals surface area (Å²) in [6.07, 6.45) is 1.14. The minimum Gasteiger partial charge on any atom is -0.478 e. The minimum absolute atomic E-state index is 0.126. The number of sulfonamides is 1. The van der Waals surface area contributed by atoms with E-state index in [0.29, 0.717) is 23.6 Å². The average Bonchev–Trinajstić information content (AvgIpc) is 2.67. The van der Waals surface area contributed by atoms with E-state index in [1.165, 1.54) is 24.3 Å². The summed E-state index contributed by atoms with van der Waals surface area (Å²) in [6.45, 7) is 0. The molecule has 3 rings (SSSR count). The van der Waals surface area contributed by atoms with Crippen molar-refractivity contribution in [2.24, 2.45) is 0 Å². The van der Waals surface area contributed by atoms with Crippen LogP contribution in [0.3, 0.4) is 0 Å². The second kappa shape index (κ2) is 8.46. The molecule has 0 saturated heterocycles. The number of para-hydroxylation sites is 1. The molecule has 28 heavy (non-hydrogen) atoms. The van der Waals surface area contributed by atoms with Gasteiger partial charge in [-0.15, -0.1) is 0 Å². The lowest BCUT2D eigenvalue weighted by Gasteiger charge is -2.13. The predicted molar refractivity (Wildman–Crippen MR) is 110 cm³/mol. The number of halogens is 1. The highest BCUT2D eigenvalue weighted by molar-refractivity contribution is 7.92. The maximum absolute atomic E-state index is 12.6. The van der Waals surface area contributed by atoms with Gasteiger partial charge in [0.15, 0.2) is 0 Å². The molecule has 3 aromatic carbocycles. The fraction of sp³-hybridized carbons (Fsp3) is 0.0952. The molecule has 144 valence electrons. The van der Waals surface area contributed by atoms with Gasteiger partial charge in [-0.3, -0.25) is 4.72 Å². The van der Waals surface area contributed by atoms with Crippen molar-refractivity contribution < 1.29 is 18.3 Å². The molecule has 0 atom stereocenters. The Bertz CT molecular complexity index is 1100. The molecule has 0 bridgehead atoms. The number of hydrogen-bond donors (Lipinski definition) is 2. The van der Waals surface area contributed by atoms with Crippen molar-refractivity contribution in [2.75, 3.05) is 4.72 Å². The van der Waals surface area contributed by atoms with Gasteiger partial charge in [0.05, 0.1) is 16.1 Å². The summed E-state index contributed by atoms with van der Waals surface area (Å²) in [7, 11) is -3.74. The Morgan fingerprint density at radius 1 is 0.929 bits per heavy atom. The lowest BCUT2D eigenvalue weighted by Crippen LogP contribution is -2.14. The number of benzene rings is 3. The van der Waals surface area contributed by atoms with E-state index in [1.54, 1.807) is 30.3 Å². The third-order valence-corrected chi connectivity index (χ3v) is 5.88. The Labute approximate surface area is 168 Å². The summed E-state index contributed by atoms with van der Waals surface area (Å²) in [4.78, 5) is 11.2. The van der Waals surface area contributed by atoms with Crippen molar-refractivity contribution in [1.82, 2.24) is 0 Å². The molecule has 7 heteroatoms. The van der Waals surface area contributed by atoms with Gasteiger partial charge in [0.2, 0.25) is 0 Å². The minimum atomic E-state index is -3.74. The number of hydrogen-bond acceptors (Lipinski definition) is 3. The van der Waals surface area contributed by atoms with Crippen LogP contribution in [-0.2, 0) is 22.9 Å². The van der Waals surface area contributed by atoms with Crippen LogP contribution in [0.5, 0.6) is 0 Å². The molecule has 0 unspecified atom stereocenters. The lowest BCUT2D eigenvalue weighted by atomic mass is 10.0. The van der Waals surface area contributed by atoms with Crippen LogP contribution in [0.15, 0.2) is 77.7 Å². The first kappa shape index (κ1) is 19.9. The topological polar surface area (TPSA) is 83.5 Å². The van der Waals surface area contributed by atoms with Crippen molar-refractivity contribution in [3.63, 3.8) is 0 Å². The average molecular weight is 416 g/mol. The van der Waals surface area contributed by atoms with Gasteiger partial charge in [-0.25, -0.2) is 13.2 Å². The number of rotatable bonds is 7. The Hall–Kier alpha value is -2.83. The Kier molecular flexibility index (Phi) is 6.02. The molecular formula is C21H18ClNO4S. The van der Waals surface area contributed by atoms with Gasteiger partial charge in [-0.2, -0.15) is 0 Å². The zero-order chi connectivity index (χ0) is 20.1. The van der Waals surface area contributed by atoms with Crippen LogP contribution >= 0.6 is 11.6 Å². The van der Waals surface area contributed by atoms with Crippen molar-refractivity contribution in [2.45, 2.75) is 17.7 Å². The van der Waals surface area contributed by atoms with Crippen LogP contribution in [0.2, 0.25) is 5.02 Å². The molecule has 0 aliphatic carbocycles. The number of carboxylic acid groups (broad SMARTS) is 1. The standard InChI is InChI=1S/C21H18ClNO4S/c22-18-10-12-19(13-11-18)28(26,27)23-20-7-2-1-5-16(20)9-8-15-4-3-6-17(14-15)21(24)25/h1-7,10-14,23H,8-9H2,(H,24,25).